The third kappa shape index (κ3) is 5.55. The second-order valence-electron chi connectivity index (χ2n) is 10.8. The number of piperazine rings is 1. The van der Waals surface area contributed by atoms with E-state index >= 15 is 0 Å². The van der Waals surface area contributed by atoms with E-state index in [0.29, 0.717) is 36.2 Å². The number of pyridine rings is 1. The van der Waals surface area contributed by atoms with E-state index in [-0.39, 0.29) is 5.56 Å². The van der Waals surface area contributed by atoms with Crippen molar-refractivity contribution < 1.29 is 17.9 Å². The maximum atomic E-state index is 14.5. The van der Waals surface area contributed by atoms with E-state index in [4.69, 9.17) is 4.74 Å². The summed E-state index contributed by atoms with van der Waals surface area (Å²) in [5.74, 6) is 0. The zero-order chi connectivity index (χ0) is 27.0. The molecule has 9 heteroatoms. The second kappa shape index (κ2) is 10.9. The number of halogens is 3. The Morgan fingerprint density at radius 2 is 1.68 bits per heavy atom. The number of aryl methyl sites for hydroxylation is 2. The molecule has 6 nitrogen and oxygen atoms in total. The maximum Gasteiger partial charge on any atom is 0.417 e. The number of nitrogens with zero attached hydrogens (tertiary/aromatic N) is 5. The van der Waals surface area contributed by atoms with Crippen LogP contribution in [-0.2, 0) is 24.4 Å². The van der Waals surface area contributed by atoms with Crippen molar-refractivity contribution >= 4 is 16.6 Å². The van der Waals surface area contributed by atoms with Crippen LogP contribution < -0.4 is 4.90 Å². The van der Waals surface area contributed by atoms with E-state index in [1.54, 1.807) is 6.07 Å². The summed E-state index contributed by atoms with van der Waals surface area (Å²) in [6.07, 6.45) is -3.67. The maximum absolute atomic E-state index is 14.5. The van der Waals surface area contributed by atoms with Crippen LogP contribution in [0.4, 0.5) is 18.9 Å². The lowest BCUT2D eigenvalue weighted by atomic mass is 9.99. The third-order valence-corrected chi connectivity index (χ3v) is 8.03. The van der Waals surface area contributed by atoms with Crippen LogP contribution in [0.15, 0.2) is 30.3 Å². The van der Waals surface area contributed by atoms with Gasteiger partial charge < -0.3 is 14.2 Å². The fourth-order valence-corrected chi connectivity index (χ4v) is 5.71. The van der Waals surface area contributed by atoms with Gasteiger partial charge in [-0.15, -0.1) is 0 Å². The average molecular weight is 530 g/mol. The molecule has 0 radical (unpaired) electrons. The molecule has 0 saturated carbocycles. The molecule has 1 aromatic carbocycles. The van der Waals surface area contributed by atoms with E-state index in [2.05, 4.69) is 38.1 Å². The van der Waals surface area contributed by atoms with Gasteiger partial charge in [-0.25, -0.2) is 0 Å². The highest BCUT2D eigenvalue weighted by molar-refractivity contribution is 5.95. The zero-order valence-corrected chi connectivity index (χ0v) is 22.8. The number of benzene rings is 1. The van der Waals surface area contributed by atoms with Gasteiger partial charge in [-0.3, -0.25) is 14.8 Å². The molecule has 0 atom stereocenters. The Labute approximate surface area is 223 Å². The Kier molecular flexibility index (Phi) is 7.71. The smallest absolute Gasteiger partial charge is 0.379 e. The lowest BCUT2D eigenvalue weighted by Gasteiger charge is -2.38. The summed E-state index contributed by atoms with van der Waals surface area (Å²) in [6, 6.07) is 9.19. The van der Waals surface area contributed by atoms with Crippen molar-refractivity contribution in [2.45, 2.75) is 39.4 Å². The van der Waals surface area contributed by atoms with Crippen LogP contribution in [0.2, 0.25) is 0 Å². The first-order valence-electron chi connectivity index (χ1n) is 13.6. The Morgan fingerprint density at radius 3 is 2.34 bits per heavy atom. The van der Waals surface area contributed by atoms with E-state index in [0.717, 1.165) is 69.0 Å². The van der Waals surface area contributed by atoms with Crippen LogP contribution in [0, 0.1) is 6.92 Å². The Morgan fingerprint density at radius 1 is 0.974 bits per heavy atom. The number of morpholine rings is 1. The monoisotopic (exact) mass is 529 g/mol. The summed E-state index contributed by atoms with van der Waals surface area (Å²) in [5, 5.41) is 0.763. The number of alkyl halides is 3. The van der Waals surface area contributed by atoms with Crippen molar-refractivity contribution in [1.82, 2.24) is 19.4 Å². The fourth-order valence-electron chi connectivity index (χ4n) is 5.71. The predicted molar refractivity (Wildman–Crippen MR) is 146 cm³/mol. The van der Waals surface area contributed by atoms with Gasteiger partial charge in [-0.2, -0.15) is 13.2 Å². The molecule has 2 fully saturated rings. The van der Waals surface area contributed by atoms with Crippen LogP contribution in [0.5, 0.6) is 0 Å². The first-order chi connectivity index (χ1) is 18.1. The molecule has 3 aromatic rings. The first-order valence-corrected chi connectivity index (χ1v) is 13.6. The van der Waals surface area contributed by atoms with Gasteiger partial charge in [0.2, 0.25) is 0 Å². The van der Waals surface area contributed by atoms with Crippen molar-refractivity contribution in [3.63, 3.8) is 0 Å². The van der Waals surface area contributed by atoms with E-state index in [1.165, 1.54) is 6.07 Å². The molecule has 206 valence electrons. The molecule has 0 aliphatic carbocycles. The highest BCUT2D eigenvalue weighted by Gasteiger charge is 2.36. The van der Waals surface area contributed by atoms with Gasteiger partial charge in [0.05, 0.1) is 30.0 Å². The SMILES string of the molecule is Cc1cc2c(cc(CCN3CCOCC3)n2C)c(-c2ccc(N3CCN(C(C)C)CC3)cc2C(F)(F)F)n1. The number of ether oxygens (including phenoxy) is 1. The molecule has 0 N–H and O–H groups in total. The minimum absolute atomic E-state index is 0.140. The van der Waals surface area contributed by atoms with Crippen molar-refractivity contribution in [3.8, 4) is 11.3 Å². The van der Waals surface area contributed by atoms with Crippen molar-refractivity contribution in [2.75, 3.05) is 63.9 Å². The molecule has 2 saturated heterocycles. The third-order valence-electron chi connectivity index (χ3n) is 8.03. The van der Waals surface area contributed by atoms with Gasteiger partial charge in [0, 0.05) is 93.3 Å². The topological polar surface area (TPSA) is 36.8 Å². The van der Waals surface area contributed by atoms with Gasteiger partial charge >= 0.3 is 6.18 Å². The molecule has 4 heterocycles. The molecule has 0 unspecified atom stereocenters. The molecule has 5 rings (SSSR count). The number of hydrogen-bond donors (Lipinski definition) is 0. The summed E-state index contributed by atoms with van der Waals surface area (Å²) in [5.41, 5.74) is 3.24. The zero-order valence-electron chi connectivity index (χ0n) is 22.8. The van der Waals surface area contributed by atoms with Gasteiger partial charge in [-0.1, -0.05) is 6.07 Å². The first kappa shape index (κ1) is 27.0. The number of anilines is 1. The average Bonchev–Trinajstić information content (AvgIpc) is 3.22. The number of aromatic nitrogens is 2. The van der Waals surface area contributed by atoms with Gasteiger partial charge in [0.15, 0.2) is 0 Å². The minimum atomic E-state index is -4.49. The second-order valence-corrected chi connectivity index (χ2v) is 10.8. The van der Waals surface area contributed by atoms with E-state index < -0.39 is 11.7 Å². The molecule has 0 spiro atoms. The lowest BCUT2D eigenvalue weighted by Crippen LogP contribution is -2.48. The molecule has 2 aliphatic heterocycles. The highest BCUT2D eigenvalue weighted by atomic mass is 19.4. The number of fused-ring (bicyclic) bond motifs is 1. The van der Waals surface area contributed by atoms with E-state index in [9.17, 15) is 13.2 Å². The largest absolute Gasteiger partial charge is 0.417 e. The highest BCUT2D eigenvalue weighted by Crippen LogP contribution is 2.41. The van der Waals surface area contributed by atoms with Gasteiger partial charge in [-0.05, 0) is 45.0 Å². The summed E-state index contributed by atoms with van der Waals surface area (Å²) >= 11 is 0. The molecular formula is C29H38F3N5O. The quantitative estimate of drug-likeness (QED) is 0.451. The fraction of sp³-hybridized carbons (Fsp3) is 0.552. The standard InChI is InChI=1S/C29H38F3N5O/c1-20(2)36-9-11-37(12-10-36)23-5-6-24(26(19-23)29(30,31)32)28-25-18-22(7-8-35-13-15-38-16-14-35)34(4)27(25)17-21(3)33-28/h5-6,17-20H,7-16H2,1-4H3. The number of rotatable bonds is 6. The van der Waals surface area contributed by atoms with Crippen LogP contribution in [0.25, 0.3) is 22.2 Å². The van der Waals surface area contributed by atoms with Crippen molar-refractivity contribution in [3.05, 3.63) is 47.3 Å². The Balaban J connectivity index is 1.50. The van der Waals surface area contributed by atoms with E-state index in [1.807, 2.05) is 32.2 Å². The Bertz CT molecular complexity index is 1270. The van der Waals surface area contributed by atoms with Crippen LogP contribution >= 0.6 is 0 Å². The summed E-state index contributed by atoms with van der Waals surface area (Å²) < 4.78 is 51.0. The van der Waals surface area contributed by atoms with Crippen molar-refractivity contribution in [2.24, 2.45) is 7.05 Å². The Hall–Kier alpha value is -2.62. The van der Waals surface area contributed by atoms with Crippen LogP contribution in [0.3, 0.4) is 0 Å². The molecule has 0 bridgehead atoms. The molecular weight excluding hydrogens is 491 g/mol. The molecule has 2 aromatic heterocycles. The molecule has 38 heavy (non-hydrogen) atoms. The normalized spacial score (nSPS) is 18.2. The van der Waals surface area contributed by atoms with Gasteiger partial charge in [0.25, 0.3) is 0 Å². The van der Waals surface area contributed by atoms with Crippen LogP contribution in [-0.4, -0.2) is 84.4 Å². The lowest BCUT2D eigenvalue weighted by molar-refractivity contribution is -0.137. The minimum Gasteiger partial charge on any atom is -0.379 e. The predicted octanol–water partition coefficient (Wildman–Crippen LogP) is 4.97. The number of hydrogen-bond acceptors (Lipinski definition) is 5. The summed E-state index contributed by atoms with van der Waals surface area (Å²) in [6.45, 7) is 13.5. The summed E-state index contributed by atoms with van der Waals surface area (Å²) in [7, 11) is 1.99. The van der Waals surface area contributed by atoms with Crippen molar-refractivity contribution in [1.29, 1.82) is 0 Å². The summed E-state index contributed by atoms with van der Waals surface area (Å²) in [4.78, 5) is 11.4. The van der Waals surface area contributed by atoms with Crippen LogP contribution in [0.1, 0.15) is 30.8 Å². The molecule has 0 amide bonds. The molecule has 2 aliphatic rings. The van der Waals surface area contributed by atoms with Gasteiger partial charge in [0.1, 0.15) is 0 Å².